The molecular formula is C25H32N4O3S. The molecule has 1 aromatic heterocycles. The number of carbonyl (C=O) groups excluding carboxylic acids is 1. The number of fused-ring (bicyclic) bond motifs is 1. The lowest BCUT2D eigenvalue weighted by Crippen LogP contribution is -2.49. The molecule has 0 unspecified atom stereocenters. The van der Waals surface area contributed by atoms with E-state index in [1.807, 2.05) is 51.9 Å². The molecule has 2 heterocycles. The van der Waals surface area contributed by atoms with E-state index in [2.05, 4.69) is 11.8 Å². The van der Waals surface area contributed by atoms with Crippen molar-refractivity contribution in [3.63, 3.8) is 0 Å². The number of aromatic nitrogens is 1. The zero-order chi connectivity index (χ0) is 23.6. The molecule has 1 amide bonds. The van der Waals surface area contributed by atoms with Crippen molar-refractivity contribution < 1.29 is 13.2 Å². The lowest BCUT2D eigenvalue weighted by molar-refractivity contribution is 0.0628. The Kier molecular flexibility index (Phi) is 6.88. The number of hydrogen-bond acceptors (Lipinski definition) is 4. The van der Waals surface area contributed by atoms with E-state index < -0.39 is 10.0 Å². The van der Waals surface area contributed by atoms with Gasteiger partial charge in [0.05, 0.1) is 4.90 Å². The van der Waals surface area contributed by atoms with Crippen LogP contribution in [-0.2, 0) is 16.6 Å². The molecule has 0 N–H and O–H groups in total. The molecule has 0 aliphatic carbocycles. The summed E-state index contributed by atoms with van der Waals surface area (Å²) in [6.45, 7) is 6.93. The van der Waals surface area contributed by atoms with Crippen molar-refractivity contribution in [3.8, 4) is 0 Å². The van der Waals surface area contributed by atoms with Gasteiger partial charge in [0.25, 0.3) is 5.91 Å². The number of piperazine rings is 1. The first-order valence-electron chi connectivity index (χ1n) is 11.4. The molecule has 0 radical (unpaired) electrons. The molecule has 8 heteroatoms. The van der Waals surface area contributed by atoms with Crippen molar-refractivity contribution in [2.45, 2.75) is 24.8 Å². The molecule has 3 aromatic rings. The highest BCUT2D eigenvalue weighted by Gasteiger charge is 2.26. The molecular weight excluding hydrogens is 436 g/mol. The summed E-state index contributed by atoms with van der Waals surface area (Å²) in [4.78, 5) is 18.1. The summed E-state index contributed by atoms with van der Waals surface area (Å²) in [7, 11) is -0.518. The van der Waals surface area contributed by atoms with Gasteiger partial charge in [0.15, 0.2) is 0 Å². The molecule has 0 spiro atoms. The molecule has 176 valence electrons. The van der Waals surface area contributed by atoms with Gasteiger partial charge in [-0.15, -0.1) is 0 Å². The fourth-order valence-electron chi connectivity index (χ4n) is 4.39. The summed E-state index contributed by atoms with van der Waals surface area (Å²) < 4.78 is 28.5. The van der Waals surface area contributed by atoms with Crippen molar-refractivity contribution >= 4 is 26.8 Å². The molecule has 1 aliphatic heterocycles. The van der Waals surface area contributed by atoms with Gasteiger partial charge in [0.1, 0.15) is 5.69 Å². The third-order valence-electron chi connectivity index (χ3n) is 6.25. The van der Waals surface area contributed by atoms with Crippen LogP contribution in [0.3, 0.4) is 0 Å². The summed E-state index contributed by atoms with van der Waals surface area (Å²) in [6, 6.07) is 17.0. The van der Waals surface area contributed by atoms with Crippen LogP contribution in [0.15, 0.2) is 59.5 Å². The van der Waals surface area contributed by atoms with Crippen LogP contribution < -0.4 is 0 Å². The van der Waals surface area contributed by atoms with E-state index in [0.717, 1.165) is 42.5 Å². The fourth-order valence-corrected chi connectivity index (χ4v) is 5.32. The normalized spacial score (nSPS) is 15.5. The number of benzene rings is 2. The second-order valence-corrected chi connectivity index (χ2v) is 10.9. The maximum absolute atomic E-state index is 13.6. The minimum absolute atomic E-state index is 0.00436. The summed E-state index contributed by atoms with van der Waals surface area (Å²) in [5, 5.41) is 0.752. The Hall–Kier alpha value is -2.68. The molecule has 0 bridgehead atoms. The zero-order valence-electron chi connectivity index (χ0n) is 19.6. The van der Waals surface area contributed by atoms with Crippen LogP contribution in [0.5, 0.6) is 0 Å². The molecule has 1 saturated heterocycles. The summed E-state index contributed by atoms with van der Waals surface area (Å²) >= 11 is 0. The first-order chi connectivity index (χ1) is 15.8. The van der Waals surface area contributed by atoms with Crippen LogP contribution in [-0.4, -0.2) is 79.8 Å². The first kappa shape index (κ1) is 23.5. The third kappa shape index (κ3) is 4.83. The van der Waals surface area contributed by atoms with Gasteiger partial charge in [0.2, 0.25) is 10.0 Å². The second kappa shape index (κ2) is 9.67. The summed E-state index contributed by atoms with van der Waals surface area (Å²) in [5.41, 5.74) is 2.53. The van der Waals surface area contributed by atoms with Crippen LogP contribution in [0.2, 0.25) is 0 Å². The summed E-state index contributed by atoms with van der Waals surface area (Å²) in [6.07, 6.45) is 1.11. The Morgan fingerprint density at radius 2 is 1.67 bits per heavy atom. The van der Waals surface area contributed by atoms with Crippen molar-refractivity contribution in [2.75, 3.05) is 46.8 Å². The fraction of sp³-hybridized carbons (Fsp3) is 0.400. The van der Waals surface area contributed by atoms with Crippen LogP contribution >= 0.6 is 0 Å². The van der Waals surface area contributed by atoms with Gasteiger partial charge >= 0.3 is 0 Å². The van der Waals surface area contributed by atoms with Crippen molar-refractivity contribution in [1.82, 2.24) is 18.7 Å². The van der Waals surface area contributed by atoms with Crippen LogP contribution in [0.1, 0.15) is 29.4 Å². The Balaban J connectivity index is 1.73. The van der Waals surface area contributed by atoms with Gasteiger partial charge in [0, 0.05) is 57.7 Å². The highest BCUT2D eigenvalue weighted by Crippen LogP contribution is 2.27. The quantitative estimate of drug-likeness (QED) is 0.535. The van der Waals surface area contributed by atoms with E-state index in [1.165, 1.54) is 18.4 Å². The Morgan fingerprint density at radius 3 is 2.30 bits per heavy atom. The van der Waals surface area contributed by atoms with Gasteiger partial charge in [-0.3, -0.25) is 9.69 Å². The molecule has 4 rings (SSSR count). The Labute approximate surface area is 196 Å². The van der Waals surface area contributed by atoms with Gasteiger partial charge < -0.3 is 9.47 Å². The monoisotopic (exact) mass is 468 g/mol. The zero-order valence-corrected chi connectivity index (χ0v) is 20.4. The van der Waals surface area contributed by atoms with E-state index >= 15 is 0 Å². The van der Waals surface area contributed by atoms with E-state index in [4.69, 9.17) is 0 Å². The number of sulfonamides is 1. The van der Waals surface area contributed by atoms with E-state index in [-0.39, 0.29) is 10.8 Å². The minimum atomic E-state index is -3.56. The van der Waals surface area contributed by atoms with Gasteiger partial charge in [-0.2, -0.15) is 0 Å². The molecule has 0 atom stereocenters. The Bertz CT molecular complexity index is 1230. The molecule has 1 fully saturated rings. The molecule has 33 heavy (non-hydrogen) atoms. The van der Waals surface area contributed by atoms with Crippen molar-refractivity contribution in [2.24, 2.45) is 0 Å². The minimum Gasteiger partial charge on any atom is -0.335 e. The largest absolute Gasteiger partial charge is 0.335 e. The average Bonchev–Trinajstić information content (AvgIpc) is 3.17. The average molecular weight is 469 g/mol. The third-order valence-corrected chi connectivity index (χ3v) is 8.06. The predicted octanol–water partition coefficient (Wildman–Crippen LogP) is 3.11. The van der Waals surface area contributed by atoms with Gasteiger partial charge in [-0.25, -0.2) is 12.7 Å². The second-order valence-electron chi connectivity index (χ2n) is 8.74. The summed E-state index contributed by atoms with van der Waals surface area (Å²) in [5.74, 6) is -0.00436. The number of nitrogens with zero attached hydrogens (tertiary/aromatic N) is 4. The molecule has 7 nitrogen and oxygen atoms in total. The smallest absolute Gasteiger partial charge is 0.270 e. The predicted molar refractivity (Wildman–Crippen MR) is 131 cm³/mol. The van der Waals surface area contributed by atoms with Crippen LogP contribution in [0, 0.1) is 0 Å². The highest BCUT2D eigenvalue weighted by molar-refractivity contribution is 7.89. The van der Waals surface area contributed by atoms with E-state index in [1.54, 1.807) is 12.1 Å². The lowest BCUT2D eigenvalue weighted by atomic mass is 10.2. The van der Waals surface area contributed by atoms with Crippen molar-refractivity contribution in [1.29, 1.82) is 0 Å². The van der Waals surface area contributed by atoms with Crippen molar-refractivity contribution in [3.05, 3.63) is 65.9 Å². The van der Waals surface area contributed by atoms with Gasteiger partial charge in [-0.1, -0.05) is 37.3 Å². The SMILES string of the molecule is CCCN1CCN(C(=O)c2cc3cc(S(=O)(=O)N(C)C)ccc3n2Cc2ccccc2)CC1. The maximum Gasteiger partial charge on any atom is 0.270 e. The lowest BCUT2D eigenvalue weighted by Gasteiger charge is -2.34. The first-order valence-corrected chi connectivity index (χ1v) is 12.9. The molecule has 0 saturated carbocycles. The highest BCUT2D eigenvalue weighted by atomic mass is 32.2. The Morgan fingerprint density at radius 1 is 0.970 bits per heavy atom. The van der Waals surface area contributed by atoms with Gasteiger partial charge in [-0.05, 0) is 42.8 Å². The standard InChI is InChI=1S/C25H32N4O3S/c1-4-12-27-13-15-28(16-14-27)25(30)24-18-21-17-22(33(31,32)26(2)3)10-11-23(21)29(24)19-20-8-6-5-7-9-20/h5-11,17-18H,4,12-16,19H2,1-3H3. The number of carbonyl (C=O) groups is 1. The van der Waals surface area contributed by atoms with Crippen LogP contribution in [0.4, 0.5) is 0 Å². The molecule has 1 aliphatic rings. The topological polar surface area (TPSA) is 65.9 Å². The van der Waals surface area contributed by atoms with Crippen LogP contribution in [0.25, 0.3) is 10.9 Å². The van der Waals surface area contributed by atoms with E-state index in [9.17, 15) is 13.2 Å². The maximum atomic E-state index is 13.6. The number of rotatable bonds is 7. The number of hydrogen-bond donors (Lipinski definition) is 0. The molecule has 2 aromatic carbocycles. The number of amides is 1. The van der Waals surface area contributed by atoms with E-state index in [0.29, 0.717) is 25.3 Å².